The fraction of sp³-hybridized carbons (Fsp3) is 0.600. The summed E-state index contributed by atoms with van der Waals surface area (Å²) in [5.41, 5.74) is 0. The topological polar surface area (TPSA) is 63.6 Å². The Bertz CT molecular complexity index is 511. The first kappa shape index (κ1) is 21.8. The molecule has 1 N–H and O–H groups in total. The summed E-state index contributed by atoms with van der Waals surface area (Å²) in [5, 5.41) is 8.56. The maximum Gasteiger partial charge on any atom is 0.303 e. The second kappa shape index (κ2) is 15.7. The van der Waals surface area contributed by atoms with Crippen LogP contribution in [0.2, 0.25) is 0 Å². The second-order valence-electron chi connectivity index (χ2n) is 5.53. The van der Waals surface area contributed by atoms with Gasteiger partial charge in [-0.3, -0.25) is 9.59 Å². The summed E-state index contributed by atoms with van der Waals surface area (Å²) in [6.45, 7) is 3.46. The number of esters is 1. The third-order valence-corrected chi connectivity index (χ3v) is 3.19. The van der Waals surface area contributed by atoms with Crippen molar-refractivity contribution in [1.29, 1.82) is 0 Å². The van der Waals surface area contributed by atoms with Crippen molar-refractivity contribution >= 4 is 11.9 Å². The molecule has 1 unspecified atom stereocenters. The number of carboxylic acid groups (broad SMARTS) is 1. The molecule has 24 heavy (non-hydrogen) atoms. The molecule has 0 bridgehead atoms. The number of unbranched alkanes of at least 4 members (excludes halogenated alkanes) is 5. The molecule has 0 aromatic rings. The summed E-state index contributed by atoms with van der Waals surface area (Å²) in [6.07, 6.45) is 10.6. The molecule has 0 amide bonds. The van der Waals surface area contributed by atoms with Crippen LogP contribution in [0.5, 0.6) is 0 Å². The van der Waals surface area contributed by atoms with Crippen LogP contribution in [0.1, 0.15) is 71.6 Å². The van der Waals surface area contributed by atoms with Gasteiger partial charge in [0.15, 0.2) is 0 Å². The lowest BCUT2D eigenvalue weighted by molar-refractivity contribution is -0.144. The van der Waals surface area contributed by atoms with Crippen LogP contribution >= 0.6 is 0 Å². The van der Waals surface area contributed by atoms with E-state index in [2.05, 4.69) is 30.6 Å². The normalized spacial score (nSPS) is 11.1. The Morgan fingerprint density at radius 3 is 2.50 bits per heavy atom. The Labute approximate surface area is 145 Å². The van der Waals surface area contributed by atoms with Gasteiger partial charge in [-0.2, -0.15) is 0 Å². The van der Waals surface area contributed by atoms with Crippen LogP contribution in [0.15, 0.2) is 12.2 Å². The van der Waals surface area contributed by atoms with Crippen molar-refractivity contribution in [3.8, 4) is 23.7 Å². The van der Waals surface area contributed by atoms with Crippen molar-refractivity contribution < 1.29 is 19.4 Å². The Morgan fingerprint density at radius 2 is 1.83 bits per heavy atom. The predicted octanol–water partition coefficient (Wildman–Crippen LogP) is 4.10. The fourth-order valence-corrected chi connectivity index (χ4v) is 2.02. The van der Waals surface area contributed by atoms with Crippen LogP contribution in [-0.4, -0.2) is 23.1 Å². The van der Waals surface area contributed by atoms with Gasteiger partial charge in [0.2, 0.25) is 0 Å². The fourth-order valence-electron chi connectivity index (χ4n) is 2.02. The molecule has 0 radical (unpaired) electrons. The first-order valence-corrected chi connectivity index (χ1v) is 8.60. The molecule has 1 atom stereocenters. The summed E-state index contributed by atoms with van der Waals surface area (Å²) in [6, 6.07) is 0. The minimum absolute atomic E-state index is 0.235. The average Bonchev–Trinajstić information content (AvgIpc) is 2.52. The van der Waals surface area contributed by atoms with Crippen LogP contribution in [0.4, 0.5) is 0 Å². The number of carbonyl (C=O) groups excluding carboxylic acids is 1. The quantitative estimate of drug-likeness (QED) is 0.351. The molecule has 0 rings (SSSR count). The van der Waals surface area contributed by atoms with E-state index in [0.717, 1.165) is 51.4 Å². The number of rotatable bonds is 11. The Balaban J connectivity index is 4.07. The molecule has 132 valence electrons. The zero-order valence-electron chi connectivity index (χ0n) is 14.8. The van der Waals surface area contributed by atoms with Crippen molar-refractivity contribution in [2.75, 3.05) is 0 Å². The molecule has 0 saturated heterocycles. The smallest absolute Gasteiger partial charge is 0.303 e. The van der Waals surface area contributed by atoms with Gasteiger partial charge in [0.1, 0.15) is 6.10 Å². The van der Waals surface area contributed by atoms with Gasteiger partial charge >= 0.3 is 11.9 Å². The summed E-state index contributed by atoms with van der Waals surface area (Å²) in [4.78, 5) is 21.5. The van der Waals surface area contributed by atoms with Crippen molar-refractivity contribution in [3.05, 3.63) is 12.2 Å². The van der Waals surface area contributed by atoms with Crippen molar-refractivity contribution in [1.82, 2.24) is 0 Å². The molecular formula is C20H28O4. The molecule has 4 nitrogen and oxygen atoms in total. The van der Waals surface area contributed by atoms with E-state index in [0.29, 0.717) is 0 Å². The van der Waals surface area contributed by atoms with E-state index < -0.39 is 5.97 Å². The number of carbonyl (C=O) groups is 2. The van der Waals surface area contributed by atoms with E-state index in [9.17, 15) is 9.59 Å². The summed E-state index contributed by atoms with van der Waals surface area (Å²) >= 11 is 0. The summed E-state index contributed by atoms with van der Waals surface area (Å²) < 4.78 is 5.25. The molecule has 0 aromatic heterocycles. The molecule has 0 heterocycles. The maximum atomic E-state index is 11.1. The number of allylic oxidation sites excluding steroid dienone is 1. The molecule has 0 aliphatic rings. The number of hydrogen-bond donors (Lipinski definition) is 1. The number of hydrogen-bond acceptors (Lipinski definition) is 3. The number of ether oxygens (including phenoxy) is 1. The molecule has 0 saturated carbocycles. The van der Waals surface area contributed by atoms with E-state index in [1.807, 2.05) is 0 Å². The molecule has 0 aromatic carbocycles. The highest BCUT2D eigenvalue weighted by Gasteiger charge is 2.07. The summed E-state index contributed by atoms with van der Waals surface area (Å²) in [7, 11) is 0. The lowest BCUT2D eigenvalue weighted by atomic mass is 10.1. The Kier molecular flexibility index (Phi) is 14.2. The molecule has 4 heteroatoms. The highest BCUT2D eigenvalue weighted by Crippen LogP contribution is 2.11. The monoisotopic (exact) mass is 332 g/mol. The van der Waals surface area contributed by atoms with E-state index >= 15 is 0 Å². The minimum Gasteiger partial charge on any atom is -0.481 e. The zero-order chi connectivity index (χ0) is 18.0. The number of carboxylic acids is 1. The highest BCUT2D eigenvalue weighted by atomic mass is 16.5. The van der Waals surface area contributed by atoms with E-state index in [4.69, 9.17) is 9.84 Å². The lowest BCUT2D eigenvalue weighted by Gasteiger charge is -2.12. The second-order valence-corrected chi connectivity index (χ2v) is 5.53. The standard InChI is InChI=1S/C20H28O4/c1-3-4-5-6-7-9-12-15-19(24-18(2)21)16-13-10-8-11-14-17-20(22)23/h12,15,19H,3-4,8,10-11,13-14,16-17H2,1-2H3,(H,22,23). The summed E-state index contributed by atoms with van der Waals surface area (Å²) in [5.74, 6) is 10.2. The van der Waals surface area contributed by atoms with Gasteiger partial charge in [0.05, 0.1) is 0 Å². The largest absolute Gasteiger partial charge is 0.481 e. The van der Waals surface area contributed by atoms with Gasteiger partial charge in [0.25, 0.3) is 0 Å². The van der Waals surface area contributed by atoms with Gasteiger partial charge in [-0.15, -0.1) is 0 Å². The third kappa shape index (κ3) is 16.2. The molecule has 0 aliphatic heterocycles. The van der Waals surface area contributed by atoms with Crippen LogP contribution in [0.25, 0.3) is 0 Å². The molecule has 0 aliphatic carbocycles. The highest BCUT2D eigenvalue weighted by molar-refractivity contribution is 5.66. The van der Waals surface area contributed by atoms with E-state index in [1.165, 1.54) is 6.92 Å². The van der Waals surface area contributed by atoms with Crippen molar-refractivity contribution in [2.45, 2.75) is 77.7 Å². The van der Waals surface area contributed by atoms with Crippen LogP contribution in [0, 0.1) is 23.7 Å². The Hall–Kier alpha value is -2.20. The third-order valence-electron chi connectivity index (χ3n) is 3.19. The van der Waals surface area contributed by atoms with Crippen LogP contribution < -0.4 is 0 Å². The van der Waals surface area contributed by atoms with Crippen LogP contribution in [-0.2, 0) is 14.3 Å². The number of aliphatic carboxylic acids is 1. The molecular weight excluding hydrogens is 304 g/mol. The van der Waals surface area contributed by atoms with Crippen molar-refractivity contribution in [2.24, 2.45) is 0 Å². The van der Waals surface area contributed by atoms with Crippen molar-refractivity contribution in [3.63, 3.8) is 0 Å². The first-order chi connectivity index (χ1) is 11.6. The van der Waals surface area contributed by atoms with Gasteiger partial charge in [-0.25, -0.2) is 0 Å². The first-order valence-electron chi connectivity index (χ1n) is 8.60. The minimum atomic E-state index is -0.740. The lowest BCUT2D eigenvalue weighted by Crippen LogP contribution is -2.13. The predicted molar refractivity (Wildman–Crippen MR) is 95.1 cm³/mol. The van der Waals surface area contributed by atoms with Crippen LogP contribution in [0.3, 0.4) is 0 Å². The van der Waals surface area contributed by atoms with Gasteiger partial charge < -0.3 is 9.84 Å². The maximum absolute atomic E-state index is 11.1. The van der Waals surface area contributed by atoms with Gasteiger partial charge in [0, 0.05) is 19.8 Å². The van der Waals surface area contributed by atoms with E-state index in [1.54, 1.807) is 12.2 Å². The SMILES string of the molecule is CCCC#CC#CC=CC(CCCCCCCC(=O)O)OC(C)=O. The zero-order valence-corrected chi connectivity index (χ0v) is 14.8. The molecule has 0 fully saturated rings. The van der Waals surface area contributed by atoms with Gasteiger partial charge in [-0.05, 0) is 49.7 Å². The average molecular weight is 332 g/mol. The van der Waals surface area contributed by atoms with E-state index in [-0.39, 0.29) is 18.5 Å². The van der Waals surface area contributed by atoms with Gasteiger partial charge in [-0.1, -0.05) is 38.0 Å². The molecule has 0 spiro atoms. The Morgan fingerprint density at radius 1 is 1.12 bits per heavy atom.